The lowest BCUT2D eigenvalue weighted by molar-refractivity contribution is -0.874. The van der Waals surface area contributed by atoms with Crippen LogP contribution in [0.1, 0.15) is 33.6 Å². The third kappa shape index (κ3) is 1.75. The van der Waals surface area contributed by atoms with Crippen molar-refractivity contribution in [3.63, 3.8) is 0 Å². The average Bonchev–Trinajstić information content (AvgIpc) is 2.02. The van der Waals surface area contributed by atoms with E-state index in [0.29, 0.717) is 0 Å². The number of nitrogens with zero attached hydrogens (tertiary/aromatic N) is 1. The van der Waals surface area contributed by atoms with Gasteiger partial charge in [0.05, 0.1) is 6.92 Å². The molecule has 1 heterocycles. The monoisotopic (exact) mass is 168 g/mol. The van der Waals surface area contributed by atoms with Gasteiger partial charge in [-0.15, -0.1) is 0 Å². The van der Waals surface area contributed by atoms with Crippen LogP contribution in [0.2, 0.25) is 0 Å². The lowest BCUT2D eigenvalue weighted by Crippen LogP contribution is -2.98. The van der Waals surface area contributed by atoms with Gasteiger partial charge in [-0.1, -0.05) is 6.92 Å². The van der Waals surface area contributed by atoms with Crippen molar-refractivity contribution in [3.05, 3.63) is 11.8 Å². The Morgan fingerprint density at radius 1 is 1.75 bits per heavy atom. The quantitative estimate of drug-likeness (QED) is 0.598. The maximum atomic E-state index is 2.36. The van der Waals surface area contributed by atoms with E-state index in [9.17, 15) is 0 Å². The normalized spacial score (nSPS) is 29.7. The van der Waals surface area contributed by atoms with Crippen LogP contribution in [0.25, 0.3) is 0 Å². The summed E-state index contributed by atoms with van der Waals surface area (Å²) in [6.07, 6.45) is 6.82. The van der Waals surface area contributed by atoms with Gasteiger partial charge in [0.2, 0.25) is 0 Å². The van der Waals surface area contributed by atoms with E-state index in [1.54, 1.807) is 0 Å². The van der Waals surface area contributed by atoms with Crippen molar-refractivity contribution in [2.24, 2.45) is 0 Å². The Morgan fingerprint density at radius 2 is 2.42 bits per heavy atom. The Labute approximate surface area is 75.0 Å². The van der Waals surface area contributed by atoms with Crippen LogP contribution in [0.3, 0.4) is 0 Å². The summed E-state index contributed by atoms with van der Waals surface area (Å²) >= 11 is 0. The summed E-state index contributed by atoms with van der Waals surface area (Å²) < 4.78 is 2.28. The highest BCUT2D eigenvalue weighted by atomic mass is 15.3. The number of hydrogen-bond acceptors (Lipinski definition) is 0. The van der Waals surface area contributed by atoms with Gasteiger partial charge in [0.25, 0.3) is 5.66 Å². The third-order valence-corrected chi connectivity index (χ3v) is 2.65. The highest BCUT2D eigenvalue weighted by Gasteiger charge is 2.44. The molecular formula is C10H20N2+2. The SMILES string of the molecule is CCC=C(C)[NH2+]C1(C)CC=[N+]1C. The van der Waals surface area contributed by atoms with Gasteiger partial charge >= 0.3 is 0 Å². The fourth-order valence-corrected chi connectivity index (χ4v) is 1.59. The van der Waals surface area contributed by atoms with Crippen LogP contribution in [0, 0.1) is 0 Å². The van der Waals surface area contributed by atoms with Gasteiger partial charge in [-0.05, 0) is 12.5 Å². The summed E-state index contributed by atoms with van der Waals surface area (Å²) in [6, 6.07) is 0. The third-order valence-electron chi connectivity index (χ3n) is 2.65. The Bertz CT molecular complexity index is 228. The van der Waals surface area contributed by atoms with E-state index in [4.69, 9.17) is 0 Å². The standard InChI is InChI=1S/C10H19N2/c1-5-6-9(2)11-10(3)7-8-12(10)4/h6,8,11H,5,7H2,1-4H3/q+1/p+1. The molecule has 0 spiro atoms. The van der Waals surface area contributed by atoms with Crippen molar-refractivity contribution >= 4 is 6.21 Å². The number of nitrogens with two attached hydrogens (primary N) is 1. The van der Waals surface area contributed by atoms with Crippen LogP contribution in [-0.4, -0.2) is 23.5 Å². The van der Waals surface area contributed by atoms with Gasteiger partial charge in [-0.25, -0.2) is 0 Å². The summed E-state index contributed by atoms with van der Waals surface area (Å²) in [5, 5.41) is 2.36. The zero-order chi connectivity index (χ0) is 9.19. The summed E-state index contributed by atoms with van der Waals surface area (Å²) in [4.78, 5) is 0. The van der Waals surface area contributed by atoms with E-state index in [2.05, 4.69) is 50.0 Å². The van der Waals surface area contributed by atoms with Crippen molar-refractivity contribution in [2.45, 2.75) is 39.3 Å². The Morgan fingerprint density at radius 3 is 2.75 bits per heavy atom. The maximum Gasteiger partial charge on any atom is 0.295 e. The van der Waals surface area contributed by atoms with E-state index in [0.717, 1.165) is 6.42 Å². The molecule has 0 radical (unpaired) electrons. The molecule has 0 bridgehead atoms. The molecule has 1 aliphatic heterocycles. The second-order valence-electron chi connectivity index (χ2n) is 3.86. The topological polar surface area (TPSA) is 19.6 Å². The van der Waals surface area contributed by atoms with Gasteiger partial charge in [-0.2, -0.15) is 4.58 Å². The zero-order valence-electron chi connectivity index (χ0n) is 8.59. The molecule has 0 aromatic heterocycles. The first-order valence-corrected chi connectivity index (χ1v) is 4.67. The van der Waals surface area contributed by atoms with E-state index in [1.165, 1.54) is 12.1 Å². The van der Waals surface area contributed by atoms with Crippen molar-refractivity contribution in [3.8, 4) is 0 Å². The molecule has 1 aliphatic rings. The number of rotatable bonds is 3. The molecule has 0 saturated heterocycles. The van der Waals surface area contributed by atoms with Gasteiger partial charge in [-0.3, -0.25) is 5.32 Å². The molecule has 2 nitrogen and oxygen atoms in total. The Balaban J connectivity index is 2.52. The van der Waals surface area contributed by atoms with Crippen LogP contribution >= 0.6 is 0 Å². The number of allylic oxidation sites excluding steroid dienone is 2. The van der Waals surface area contributed by atoms with Crippen LogP contribution in [0.15, 0.2) is 11.8 Å². The molecule has 1 atom stereocenters. The minimum absolute atomic E-state index is 0.287. The molecule has 0 amide bonds. The highest BCUT2D eigenvalue weighted by Crippen LogP contribution is 2.11. The largest absolute Gasteiger partial charge is 0.295 e. The molecule has 68 valence electrons. The lowest BCUT2D eigenvalue weighted by Gasteiger charge is -2.27. The first kappa shape index (κ1) is 9.46. The van der Waals surface area contributed by atoms with E-state index in [-0.39, 0.29) is 5.66 Å². The molecule has 2 heteroatoms. The van der Waals surface area contributed by atoms with E-state index in [1.807, 2.05) is 0 Å². The van der Waals surface area contributed by atoms with E-state index >= 15 is 0 Å². The molecule has 0 aliphatic carbocycles. The molecule has 0 fully saturated rings. The van der Waals surface area contributed by atoms with Crippen LogP contribution in [-0.2, 0) is 0 Å². The predicted molar refractivity (Wildman–Crippen MR) is 51.2 cm³/mol. The summed E-state index contributed by atoms with van der Waals surface area (Å²) in [7, 11) is 2.14. The van der Waals surface area contributed by atoms with Crippen molar-refractivity contribution < 1.29 is 9.89 Å². The lowest BCUT2D eigenvalue weighted by atomic mass is 10.0. The van der Waals surface area contributed by atoms with Gasteiger partial charge in [0, 0.05) is 6.92 Å². The highest BCUT2D eigenvalue weighted by molar-refractivity contribution is 5.56. The molecule has 0 aromatic carbocycles. The Hall–Kier alpha value is -0.630. The summed E-state index contributed by atoms with van der Waals surface area (Å²) in [5.41, 5.74) is 1.69. The molecule has 0 aromatic rings. The molecular weight excluding hydrogens is 148 g/mol. The summed E-state index contributed by atoms with van der Waals surface area (Å²) in [6.45, 7) is 6.64. The van der Waals surface area contributed by atoms with Gasteiger partial charge in [0.1, 0.15) is 19.2 Å². The predicted octanol–water partition coefficient (Wildman–Crippen LogP) is 0.697. The minimum Gasteiger partial charge on any atom is -0.258 e. The van der Waals surface area contributed by atoms with E-state index < -0.39 is 0 Å². The first-order chi connectivity index (χ1) is 5.58. The second-order valence-corrected chi connectivity index (χ2v) is 3.86. The molecule has 12 heavy (non-hydrogen) atoms. The zero-order valence-corrected chi connectivity index (χ0v) is 8.59. The van der Waals surface area contributed by atoms with Gasteiger partial charge < -0.3 is 0 Å². The molecule has 1 unspecified atom stereocenters. The number of quaternary nitrogens is 1. The van der Waals surface area contributed by atoms with Crippen molar-refractivity contribution in [1.82, 2.24) is 0 Å². The average molecular weight is 168 g/mol. The first-order valence-electron chi connectivity index (χ1n) is 4.67. The maximum absolute atomic E-state index is 2.36. The minimum atomic E-state index is 0.287. The van der Waals surface area contributed by atoms with Crippen molar-refractivity contribution in [2.75, 3.05) is 7.05 Å². The van der Waals surface area contributed by atoms with Gasteiger partial charge in [0.15, 0.2) is 6.21 Å². The fourth-order valence-electron chi connectivity index (χ4n) is 1.59. The fraction of sp³-hybridized carbons (Fsp3) is 0.700. The van der Waals surface area contributed by atoms with Crippen molar-refractivity contribution in [1.29, 1.82) is 0 Å². The molecule has 1 rings (SSSR count). The molecule has 2 N–H and O–H groups in total. The second kappa shape index (κ2) is 3.40. The smallest absolute Gasteiger partial charge is 0.258 e. The number of hydrogen-bond donors (Lipinski definition) is 1. The van der Waals surface area contributed by atoms with Crippen LogP contribution in [0.5, 0.6) is 0 Å². The van der Waals surface area contributed by atoms with Crippen LogP contribution in [0.4, 0.5) is 0 Å². The summed E-state index contributed by atoms with van der Waals surface area (Å²) in [5.74, 6) is 0. The van der Waals surface area contributed by atoms with Crippen LogP contribution < -0.4 is 5.32 Å². The molecule has 0 saturated carbocycles. The Kier molecular flexibility index (Phi) is 2.68.